The highest BCUT2D eigenvalue weighted by Crippen LogP contribution is 2.23. The van der Waals surface area contributed by atoms with E-state index in [1.165, 1.54) is 6.07 Å². The van der Waals surface area contributed by atoms with Gasteiger partial charge in [-0.1, -0.05) is 13.0 Å². The molecule has 4 aromatic rings. The molecule has 3 aromatic heterocycles. The number of aromatic nitrogens is 6. The van der Waals surface area contributed by atoms with Crippen molar-refractivity contribution < 1.29 is 4.92 Å². The summed E-state index contributed by atoms with van der Waals surface area (Å²) in [7, 11) is 0. The zero-order chi connectivity index (χ0) is 19.0. The fourth-order valence-corrected chi connectivity index (χ4v) is 3.01. The Kier molecular flexibility index (Phi) is 3.99. The van der Waals surface area contributed by atoms with E-state index in [1.54, 1.807) is 35.5 Å². The molecular formula is C17H16N8O2. The smallest absolute Gasteiger partial charge is 0.272 e. The predicted octanol–water partition coefficient (Wildman–Crippen LogP) is 2.11. The number of anilines is 1. The van der Waals surface area contributed by atoms with Crippen LogP contribution in [0.5, 0.6) is 0 Å². The van der Waals surface area contributed by atoms with Crippen LogP contribution in [-0.2, 0) is 13.0 Å². The molecule has 0 spiro atoms. The summed E-state index contributed by atoms with van der Waals surface area (Å²) in [6.07, 6.45) is 5.63. The van der Waals surface area contributed by atoms with Crippen molar-refractivity contribution >= 4 is 22.8 Å². The molecule has 10 heteroatoms. The minimum absolute atomic E-state index is 0.118. The average Bonchev–Trinajstić information content (AvgIpc) is 3.31. The highest BCUT2D eigenvalue weighted by molar-refractivity contribution is 5.79. The van der Waals surface area contributed by atoms with Crippen molar-refractivity contribution in [3.63, 3.8) is 0 Å². The molecule has 1 aromatic carbocycles. The molecule has 0 fully saturated rings. The van der Waals surface area contributed by atoms with E-state index in [0.717, 1.165) is 5.56 Å². The van der Waals surface area contributed by atoms with Crippen molar-refractivity contribution in [1.29, 1.82) is 0 Å². The monoisotopic (exact) mass is 364 g/mol. The summed E-state index contributed by atoms with van der Waals surface area (Å²) in [5.41, 5.74) is 8.75. The van der Waals surface area contributed by atoms with Crippen LogP contribution >= 0.6 is 0 Å². The van der Waals surface area contributed by atoms with Crippen LogP contribution in [0.15, 0.2) is 43.0 Å². The van der Waals surface area contributed by atoms with E-state index in [9.17, 15) is 10.1 Å². The van der Waals surface area contributed by atoms with Crippen molar-refractivity contribution in [2.45, 2.75) is 19.9 Å². The number of benzene rings is 1. The van der Waals surface area contributed by atoms with Crippen molar-refractivity contribution in [2.24, 2.45) is 0 Å². The SMILES string of the molecule is CCc1cc(Cn2cnc3c(-n4cccn4)nc(N)nc32)ccc1[N+](=O)[O-]. The van der Waals surface area contributed by atoms with Crippen LogP contribution in [0.2, 0.25) is 0 Å². The lowest BCUT2D eigenvalue weighted by Crippen LogP contribution is -2.07. The molecule has 0 aliphatic rings. The summed E-state index contributed by atoms with van der Waals surface area (Å²) >= 11 is 0. The molecule has 0 bridgehead atoms. The van der Waals surface area contributed by atoms with E-state index >= 15 is 0 Å². The first-order chi connectivity index (χ1) is 13.1. The average molecular weight is 364 g/mol. The number of hydrogen-bond donors (Lipinski definition) is 1. The fraction of sp³-hybridized carbons (Fsp3) is 0.176. The molecule has 2 N–H and O–H groups in total. The first kappa shape index (κ1) is 16.6. The molecule has 0 unspecified atom stereocenters. The molecule has 0 aliphatic carbocycles. The second kappa shape index (κ2) is 6.48. The van der Waals surface area contributed by atoms with E-state index in [0.29, 0.717) is 35.5 Å². The normalized spacial score (nSPS) is 11.1. The molecule has 0 saturated carbocycles. The third kappa shape index (κ3) is 2.97. The lowest BCUT2D eigenvalue weighted by atomic mass is 10.1. The van der Waals surface area contributed by atoms with Gasteiger partial charge in [-0.05, 0) is 24.1 Å². The number of imidazole rings is 1. The molecule has 0 radical (unpaired) electrons. The summed E-state index contributed by atoms with van der Waals surface area (Å²) in [6, 6.07) is 6.89. The number of nitrogen functional groups attached to an aromatic ring is 1. The van der Waals surface area contributed by atoms with Gasteiger partial charge in [-0.15, -0.1) is 0 Å². The quantitative estimate of drug-likeness (QED) is 0.424. The Morgan fingerprint density at radius 3 is 2.85 bits per heavy atom. The zero-order valence-electron chi connectivity index (χ0n) is 14.5. The highest BCUT2D eigenvalue weighted by atomic mass is 16.6. The van der Waals surface area contributed by atoms with E-state index < -0.39 is 0 Å². The third-order valence-electron chi connectivity index (χ3n) is 4.26. The van der Waals surface area contributed by atoms with Gasteiger partial charge in [0, 0.05) is 24.0 Å². The Hall–Kier alpha value is -3.82. The van der Waals surface area contributed by atoms with Gasteiger partial charge in [-0.2, -0.15) is 15.1 Å². The summed E-state index contributed by atoms with van der Waals surface area (Å²) in [5.74, 6) is 0.617. The molecule has 27 heavy (non-hydrogen) atoms. The van der Waals surface area contributed by atoms with Crippen LogP contribution in [0.4, 0.5) is 11.6 Å². The van der Waals surface area contributed by atoms with Gasteiger partial charge < -0.3 is 10.3 Å². The molecule has 0 aliphatic heterocycles. The van der Waals surface area contributed by atoms with Crippen molar-refractivity contribution in [3.05, 3.63) is 64.2 Å². The number of nitrogens with zero attached hydrogens (tertiary/aromatic N) is 7. The van der Waals surface area contributed by atoms with E-state index in [4.69, 9.17) is 5.73 Å². The van der Waals surface area contributed by atoms with Crippen molar-refractivity contribution in [3.8, 4) is 5.82 Å². The van der Waals surface area contributed by atoms with Crippen LogP contribution < -0.4 is 5.73 Å². The maximum absolute atomic E-state index is 11.1. The lowest BCUT2D eigenvalue weighted by Gasteiger charge is -2.08. The topological polar surface area (TPSA) is 131 Å². The first-order valence-electron chi connectivity index (χ1n) is 8.31. The maximum atomic E-state index is 11.1. The Labute approximate surface area is 153 Å². The van der Waals surface area contributed by atoms with Crippen molar-refractivity contribution in [1.82, 2.24) is 29.3 Å². The Bertz CT molecular complexity index is 1130. The number of aryl methyl sites for hydroxylation is 1. The largest absolute Gasteiger partial charge is 0.368 e. The molecule has 0 amide bonds. The molecule has 4 rings (SSSR count). The summed E-state index contributed by atoms with van der Waals surface area (Å²) in [4.78, 5) is 23.7. The predicted molar refractivity (Wildman–Crippen MR) is 98.4 cm³/mol. The molecule has 0 atom stereocenters. The van der Waals surface area contributed by atoms with Crippen LogP contribution in [0.1, 0.15) is 18.1 Å². The van der Waals surface area contributed by atoms with Gasteiger partial charge in [-0.3, -0.25) is 10.1 Å². The molecule has 10 nitrogen and oxygen atoms in total. The minimum Gasteiger partial charge on any atom is -0.368 e. The second-order valence-corrected chi connectivity index (χ2v) is 5.97. The van der Waals surface area contributed by atoms with Gasteiger partial charge in [0.05, 0.1) is 17.8 Å². The van der Waals surface area contributed by atoms with Gasteiger partial charge in [0.2, 0.25) is 5.95 Å². The fourth-order valence-electron chi connectivity index (χ4n) is 3.01. The number of nitrogens with two attached hydrogens (primary N) is 1. The van der Waals surface area contributed by atoms with E-state index in [2.05, 4.69) is 20.1 Å². The van der Waals surface area contributed by atoms with Gasteiger partial charge in [0.15, 0.2) is 17.0 Å². The highest BCUT2D eigenvalue weighted by Gasteiger charge is 2.16. The van der Waals surface area contributed by atoms with Gasteiger partial charge in [0.1, 0.15) is 0 Å². The van der Waals surface area contributed by atoms with Gasteiger partial charge >= 0.3 is 0 Å². The lowest BCUT2D eigenvalue weighted by molar-refractivity contribution is -0.385. The maximum Gasteiger partial charge on any atom is 0.272 e. The van der Waals surface area contributed by atoms with Crippen LogP contribution in [0.3, 0.4) is 0 Å². The Balaban J connectivity index is 1.76. The summed E-state index contributed by atoms with van der Waals surface area (Å²) < 4.78 is 3.42. The number of hydrogen-bond acceptors (Lipinski definition) is 7. The summed E-state index contributed by atoms with van der Waals surface area (Å²) in [5, 5.41) is 15.3. The molecule has 3 heterocycles. The molecular weight excluding hydrogens is 348 g/mol. The number of rotatable bonds is 5. The number of nitro benzene ring substituents is 1. The summed E-state index contributed by atoms with van der Waals surface area (Å²) in [6.45, 7) is 2.35. The van der Waals surface area contributed by atoms with Crippen LogP contribution in [0, 0.1) is 10.1 Å². The second-order valence-electron chi connectivity index (χ2n) is 5.97. The number of fused-ring (bicyclic) bond motifs is 1. The van der Waals surface area contributed by atoms with E-state index in [-0.39, 0.29) is 16.6 Å². The van der Waals surface area contributed by atoms with Gasteiger partial charge in [-0.25, -0.2) is 9.67 Å². The van der Waals surface area contributed by atoms with Crippen LogP contribution in [-0.4, -0.2) is 34.2 Å². The number of nitro groups is 1. The van der Waals surface area contributed by atoms with Gasteiger partial charge in [0.25, 0.3) is 5.69 Å². The van der Waals surface area contributed by atoms with Crippen molar-refractivity contribution in [2.75, 3.05) is 5.73 Å². The van der Waals surface area contributed by atoms with Crippen LogP contribution in [0.25, 0.3) is 17.0 Å². The Morgan fingerprint density at radius 2 is 2.15 bits per heavy atom. The standard InChI is InChI=1S/C17H16N8O2/c1-2-12-8-11(4-5-13(12)25(26)27)9-23-10-19-14-15(23)21-17(18)22-16(14)24-7-3-6-20-24/h3-8,10H,2,9H2,1H3,(H2,18,21,22). The van der Waals surface area contributed by atoms with E-state index in [1.807, 2.05) is 17.6 Å². The minimum atomic E-state index is -0.362. The molecule has 136 valence electrons. The molecule has 0 saturated heterocycles. The Morgan fingerprint density at radius 1 is 1.30 bits per heavy atom. The first-order valence-corrected chi connectivity index (χ1v) is 8.31. The third-order valence-corrected chi connectivity index (χ3v) is 4.26. The zero-order valence-corrected chi connectivity index (χ0v) is 14.5.